The molecular formula is C20H31N5O. The Bertz CT molecular complexity index is 688. The maximum atomic E-state index is 6.05. The first-order valence-electron chi connectivity index (χ1n) is 9.06. The summed E-state index contributed by atoms with van der Waals surface area (Å²) in [6.45, 7) is 10.7. The van der Waals surface area contributed by atoms with Crippen LogP contribution >= 0.6 is 0 Å². The Morgan fingerprint density at radius 3 is 2.65 bits per heavy atom. The predicted octanol–water partition coefficient (Wildman–Crippen LogP) is 3.06. The van der Waals surface area contributed by atoms with Gasteiger partial charge in [-0.25, -0.2) is 0 Å². The molecule has 26 heavy (non-hydrogen) atoms. The number of aromatic nitrogens is 2. The summed E-state index contributed by atoms with van der Waals surface area (Å²) in [5.41, 5.74) is 0.882. The average Bonchev–Trinajstić information content (AvgIpc) is 3.08. The molecule has 0 radical (unpaired) electrons. The van der Waals surface area contributed by atoms with Gasteiger partial charge in [0.1, 0.15) is 11.4 Å². The number of hydrogen-bond donors (Lipinski definition) is 2. The number of para-hydroxylation sites is 1. The number of guanidine groups is 1. The van der Waals surface area contributed by atoms with Crippen LogP contribution in [0.4, 0.5) is 0 Å². The van der Waals surface area contributed by atoms with E-state index in [1.54, 1.807) is 13.2 Å². The SMILES string of the molecule is CN=C(NCc1ccccc1OC(C)(C)C)NCC(C)Cn1cccn1. The second-order valence-electron chi connectivity index (χ2n) is 7.46. The second-order valence-corrected chi connectivity index (χ2v) is 7.46. The molecule has 1 unspecified atom stereocenters. The highest BCUT2D eigenvalue weighted by Gasteiger charge is 2.14. The van der Waals surface area contributed by atoms with E-state index in [1.165, 1.54) is 0 Å². The summed E-state index contributed by atoms with van der Waals surface area (Å²) in [6, 6.07) is 10.0. The number of benzene rings is 1. The van der Waals surface area contributed by atoms with E-state index in [0.29, 0.717) is 12.5 Å². The summed E-state index contributed by atoms with van der Waals surface area (Å²) < 4.78 is 7.99. The lowest BCUT2D eigenvalue weighted by Gasteiger charge is -2.23. The Morgan fingerprint density at radius 1 is 1.23 bits per heavy atom. The lowest BCUT2D eigenvalue weighted by molar-refractivity contribution is 0.129. The van der Waals surface area contributed by atoms with E-state index in [-0.39, 0.29) is 5.60 Å². The maximum Gasteiger partial charge on any atom is 0.191 e. The van der Waals surface area contributed by atoms with Crippen molar-refractivity contribution >= 4 is 5.96 Å². The van der Waals surface area contributed by atoms with Gasteiger partial charge in [0, 0.05) is 44.6 Å². The van der Waals surface area contributed by atoms with E-state index in [0.717, 1.165) is 30.4 Å². The third-order valence-electron chi connectivity index (χ3n) is 3.73. The van der Waals surface area contributed by atoms with E-state index < -0.39 is 0 Å². The number of nitrogens with one attached hydrogen (secondary N) is 2. The monoisotopic (exact) mass is 357 g/mol. The fraction of sp³-hybridized carbons (Fsp3) is 0.500. The van der Waals surface area contributed by atoms with Crippen molar-refractivity contribution < 1.29 is 4.74 Å². The van der Waals surface area contributed by atoms with E-state index >= 15 is 0 Å². The van der Waals surface area contributed by atoms with Crippen LogP contribution in [0.1, 0.15) is 33.3 Å². The number of hydrogen-bond acceptors (Lipinski definition) is 3. The summed E-state index contributed by atoms with van der Waals surface area (Å²) in [7, 11) is 1.78. The van der Waals surface area contributed by atoms with Crippen LogP contribution < -0.4 is 15.4 Å². The highest BCUT2D eigenvalue weighted by Crippen LogP contribution is 2.22. The molecule has 0 fully saturated rings. The van der Waals surface area contributed by atoms with E-state index in [9.17, 15) is 0 Å². The van der Waals surface area contributed by atoms with Gasteiger partial charge < -0.3 is 15.4 Å². The largest absolute Gasteiger partial charge is 0.488 e. The molecule has 0 aliphatic carbocycles. The fourth-order valence-electron chi connectivity index (χ4n) is 2.54. The lowest BCUT2D eigenvalue weighted by Crippen LogP contribution is -2.39. The van der Waals surface area contributed by atoms with Crippen LogP contribution in [-0.4, -0.2) is 34.9 Å². The molecule has 0 saturated carbocycles. The van der Waals surface area contributed by atoms with Crippen LogP contribution in [0.15, 0.2) is 47.7 Å². The molecule has 2 rings (SSSR count). The minimum Gasteiger partial charge on any atom is -0.488 e. The molecule has 0 spiro atoms. The van der Waals surface area contributed by atoms with Gasteiger partial charge in [-0.3, -0.25) is 9.67 Å². The van der Waals surface area contributed by atoms with Crippen molar-refractivity contribution in [2.75, 3.05) is 13.6 Å². The van der Waals surface area contributed by atoms with Gasteiger partial charge in [-0.1, -0.05) is 25.1 Å². The molecular weight excluding hydrogens is 326 g/mol. The maximum absolute atomic E-state index is 6.05. The second kappa shape index (κ2) is 9.27. The molecule has 2 aromatic rings. The summed E-state index contributed by atoms with van der Waals surface area (Å²) in [5.74, 6) is 2.11. The van der Waals surface area contributed by atoms with Gasteiger partial charge in [-0.15, -0.1) is 0 Å². The molecule has 1 heterocycles. The third-order valence-corrected chi connectivity index (χ3v) is 3.73. The van der Waals surface area contributed by atoms with Gasteiger partial charge >= 0.3 is 0 Å². The molecule has 1 atom stereocenters. The fourth-order valence-corrected chi connectivity index (χ4v) is 2.54. The Morgan fingerprint density at radius 2 is 2.00 bits per heavy atom. The van der Waals surface area contributed by atoms with Crippen molar-refractivity contribution in [3.05, 3.63) is 48.3 Å². The zero-order valence-corrected chi connectivity index (χ0v) is 16.5. The Hall–Kier alpha value is -2.50. The highest BCUT2D eigenvalue weighted by molar-refractivity contribution is 5.79. The van der Waals surface area contributed by atoms with Gasteiger partial charge in [-0.05, 0) is 38.8 Å². The summed E-state index contributed by atoms with van der Waals surface area (Å²) in [4.78, 5) is 4.31. The third kappa shape index (κ3) is 6.78. The zero-order chi connectivity index (χ0) is 19.0. The molecule has 6 nitrogen and oxygen atoms in total. The first kappa shape index (κ1) is 19.8. The van der Waals surface area contributed by atoms with Crippen LogP contribution in [0.3, 0.4) is 0 Å². The van der Waals surface area contributed by atoms with Gasteiger partial charge in [-0.2, -0.15) is 5.10 Å². The number of ether oxygens (including phenoxy) is 1. The summed E-state index contributed by atoms with van der Waals surface area (Å²) in [5, 5.41) is 11.0. The van der Waals surface area contributed by atoms with Crippen molar-refractivity contribution in [1.82, 2.24) is 20.4 Å². The molecule has 0 aliphatic heterocycles. The zero-order valence-electron chi connectivity index (χ0n) is 16.5. The lowest BCUT2D eigenvalue weighted by atomic mass is 10.1. The first-order valence-corrected chi connectivity index (χ1v) is 9.06. The molecule has 2 N–H and O–H groups in total. The van der Waals surface area contributed by atoms with Crippen molar-refractivity contribution in [3.63, 3.8) is 0 Å². The Labute approximate surface area is 156 Å². The standard InChI is InChI=1S/C20H31N5O/c1-16(15-25-12-8-11-24-25)13-22-19(21-5)23-14-17-9-6-7-10-18(17)26-20(2,3)4/h6-12,16H,13-15H2,1-5H3,(H2,21,22,23). The highest BCUT2D eigenvalue weighted by atomic mass is 16.5. The van der Waals surface area contributed by atoms with Crippen LogP contribution in [0.25, 0.3) is 0 Å². The van der Waals surface area contributed by atoms with Crippen molar-refractivity contribution in [2.45, 2.75) is 46.4 Å². The van der Waals surface area contributed by atoms with Crippen LogP contribution in [0, 0.1) is 5.92 Å². The summed E-state index contributed by atoms with van der Waals surface area (Å²) in [6.07, 6.45) is 3.79. The molecule has 0 saturated heterocycles. The van der Waals surface area contributed by atoms with Crippen molar-refractivity contribution in [1.29, 1.82) is 0 Å². The Kier molecular flexibility index (Phi) is 7.06. The van der Waals surface area contributed by atoms with Gasteiger partial charge in [0.15, 0.2) is 5.96 Å². The smallest absolute Gasteiger partial charge is 0.191 e. The predicted molar refractivity (Wildman–Crippen MR) is 106 cm³/mol. The van der Waals surface area contributed by atoms with Crippen molar-refractivity contribution in [2.24, 2.45) is 10.9 Å². The molecule has 1 aromatic heterocycles. The van der Waals surface area contributed by atoms with Gasteiger partial charge in [0.25, 0.3) is 0 Å². The Balaban J connectivity index is 1.85. The summed E-state index contributed by atoms with van der Waals surface area (Å²) >= 11 is 0. The normalized spacial score (nSPS) is 13.3. The van der Waals surface area contributed by atoms with Crippen LogP contribution in [-0.2, 0) is 13.1 Å². The number of rotatable bonds is 7. The average molecular weight is 358 g/mol. The molecule has 142 valence electrons. The van der Waals surface area contributed by atoms with Crippen LogP contribution in [0.2, 0.25) is 0 Å². The minimum atomic E-state index is -0.224. The topological polar surface area (TPSA) is 63.5 Å². The molecule has 0 aliphatic rings. The van der Waals surface area contributed by atoms with Crippen LogP contribution in [0.5, 0.6) is 5.75 Å². The minimum absolute atomic E-state index is 0.224. The van der Waals surface area contributed by atoms with E-state index in [2.05, 4.69) is 54.5 Å². The van der Waals surface area contributed by atoms with Crippen molar-refractivity contribution in [3.8, 4) is 5.75 Å². The first-order chi connectivity index (χ1) is 12.4. The van der Waals surface area contributed by atoms with E-state index in [1.807, 2.05) is 35.1 Å². The van der Waals surface area contributed by atoms with Gasteiger partial charge in [0.05, 0.1) is 0 Å². The number of aliphatic imine (C=N–C) groups is 1. The molecule has 0 amide bonds. The number of nitrogens with zero attached hydrogens (tertiary/aromatic N) is 3. The quantitative estimate of drug-likeness (QED) is 0.590. The molecule has 0 bridgehead atoms. The van der Waals surface area contributed by atoms with Gasteiger partial charge in [0.2, 0.25) is 0 Å². The molecule has 1 aromatic carbocycles. The molecule has 6 heteroatoms. The van der Waals surface area contributed by atoms with E-state index in [4.69, 9.17) is 4.74 Å².